The molecule has 12 heavy (non-hydrogen) atoms. The second-order valence-corrected chi connectivity index (χ2v) is 4.15. The molecule has 0 spiro atoms. The van der Waals surface area contributed by atoms with Gasteiger partial charge in [-0.1, -0.05) is 26.0 Å². The van der Waals surface area contributed by atoms with Gasteiger partial charge in [-0.2, -0.15) is 0 Å². The van der Waals surface area contributed by atoms with Crippen LogP contribution in [0.25, 0.3) is 0 Å². The number of methoxy groups -OCH3 is 1. The molecule has 1 aliphatic carbocycles. The van der Waals surface area contributed by atoms with E-state index in [0.29, 0.717) is 6.10 Å². The predicted octanol–water partition coefficient (Wildman–Crippen LogP) is 3.01. The van der Waals surface area contributed by atoms with Crippen molar-refractivity contribution in [3.05, 3.63) is 12.2 Å². The van der Waals surface area contributed by atoms with Crippen molar-refractivity contribution >= 4 is 0 Å². The molecule has 0 radical (unpaired) electrons. The van der Waals surface area contributed by atoms with E-state index >= 15 is 0 Å². The minimum Gasteiger partial charge on any atom is -0.381 e. The summed E-state index contributed by atoms with van der Waals surface area (Å²) in [5.74, 6) is 1.48. The van der Waals surface area contributed by atoms with Crippen molar-refractivity contribution in [3.8, 4) is 0 Å². The van der Waals surface area contributed by atoms with Gasteiger partial charge in [-0.15, -0.1) is 0 Å². The van der Waals surface area contributed by atoms with Crippen molar-refractivity contribution in [2.45, 2.75) is 39.2 Å². The van der Waals surface area contributed by atoms with E-state index in [1.54, 1.807) is 7.11 Å². The summed E-state index contributed by atoms with van der Waals surface area (Å²) in [5, 5.41) is 0. The van der Waals surface area contributed by atoms with Crippen LogP contribution in [-0.4, -0.2) is 13.2 Å². The molecule has 1 nitrogen and oxygen atoms in total. The molecule has 1 rings (SSSR count). The Bertz CT molecular complexity index is 160. The van der Waals surface area contributed by atoms with Gasteiger partial charge >= 0.3 is 0 Å². The van der Waals surface area contributed by atoms with Gasteiger partial charge in [0.15, 0.2) is 0 Å². The van der Waals surface area contributed by atoms with E-state index in [4.69, 9.17) is 4.74 Å². The third-order valence-electron chi connectivity index (χ3n) is 2.95. The lowest BCUT2D eigenvalue weighted by Crippen LogP contribution is -2.25. The highest BCUT2D eigenvalue weighted by Crippen LogP contribution is 2.34. The molecule has 70 valence electrons. The summed E-state index contributed by atoms with van der Waals surface area (Å²) < 4.78 is 5.33. The van der Waals surface area contributed by atoms with Crippen LogP contribution in [0.1, 0.15) is 33.1 Å². The molecule has 2 unspecified atom stereocenters. The van der Waals surface area contributed by atoms with Gasteiger partial charge in [-0.05, 0) is 31.1 Å². The van der Waals surface area contributed by atoms with Gasteiger partial charge in [0.2, 0.25) is 0 Å². The first-order valence-corrected chi connectivity index (χ1v) is 4.85. The van der Waals surface area contributed by atoms with E-state index in [1.165, 1.54) is 18.4 Å². The fourth-order valence-corrected chi connectivity index (χ4v) is 2.12. The molecule has 0 aliphatic heterocycles. The van der Waals surface area contributed by atoms with E-state index < -0.39 is 0 Å². The summed E-state index contributed by atoms with van der Waals surface area (Å²) >= 11 is 0. The molecule has 0 heterocycles. The minimum atomic E-state index is 0.437. The predicted molar refractivity (Wildman–Crippen MR) is 52.1 cm³/mol. The largest absolute Gasteiger partial charge is 0.381 e. The van der Waals surface area contributed by atoms with Crippen LogP contribution in [0.15, 0.2) is 12.2 Å². The number of rotatable bonds is 2. The van der Waals surface area contributed by atoms with Crippen LogP contribution in [0, 0.1) is 11.8 Å². The molecule has 0 aromatic carbocycles. The maximum atomic E-state index is 5.33. The van der Waals surface area contributed by atoms with Crippen molar-refractivity contribution < 1.29 is 4.74 Å². The van der Waals surface area contributed by atoms with Crippen LogP contribution in [-0.2, 0) is 4.74 Å². The first-order chi connectivity index (χ1) is 5.65. The maximum absolute atomic E-state index is 5.33. The highest BCUT2D eigenvalue weighted by Gasteiger charge is 2.25. The fourth-order valence-electron chi connectivity index (χ4n) is 2.12. The fraction of sp³-hybridized carbons (Fsp3) is 0.818. The van der Waals surface area contributed by atoms with Crippen molar-refractivity contribution in [1.29, 1.82) is 0 Å². The number of hydrogen-bond acceptors (Lipinski definition) is 1. The second kappa shape index (κ2) is 4.08. The molecular weight excluding hydrogens is 148 g/mol. The average molecular weight is 168 g/mol. The zero-order chi connectivity index (χ0) is 9.14. The van der Waals surface area contributed by atoms with Crippen molar-refractivity contribution in [1.82, 2.24) is 0 Å². The summed E-state index contributed by atoms with van der Waals surface area (Å²) in [7, 11) is 1.80. The van der Waals surface area contributed by atoms with Gasteiger partial charge in [0, 0.05) is 7.11 Å². The van der Waals surface area contributed by atoms with Crippen LogP contribution in [0.2, 0.25) is 0 Å². The standard InChI is InChI=1S/C11H20O/c1-8(2)11-6-5-10(12-4)7-9(11)3/h8,10-11H,3,5-7H2,1-2,4H3. The lowest BCUT2D eigenvalue weighted by molar-refractivity contribution is 0.0716. The summed E-state index contributed by atoms with van der Waals surface area (Å²) in [6, 6.07) is 0. The van der Waals surface area contributed by atoms with Gasteiger partial charge in [0.1, 0.15) is 0 Å². The Morgan fingerprint density at radius 2 is 2.08 bits per heavy atom. The molecule has 1 aliphatic rings. The SMILES string of the molecule is C=C1CC(OC)CCC1C(C)C. The highest BCUT2D eigenvalue weighted by atomic mass is 16.5. The van der Waals surface area contributed by atoms with Crippen LogP contribution in [0.5, 0.6) is 0 Å². The average Bonchev–Trinajstić information content (AvgIpc) is 2.03. The maximum Gasteiger partial charge on any atom is 0.0608 e. The first-order valence-electron chi connectivity index (χ1n) is 4.85. The van der Waals surface area contributed by atoms with E-state index in [9.17, 15) is 0 Å². The summed E-state index contributed by atoms with van der Waals surface area (Å²) in [5.41, 5.74) is 1.39. The molecule has 1 heteroatoms. The Morgan fingerprint density at radius 3 is 2.50 bits per heavy atom. The zero-order valence-electron chi connectivity index (χ0n) is 8.47. The zero-order valence-corrected chi connectivity index (χ0v) is 8.47. The Hall–Kier alpha value is -0.300. The molecule has 0 bridgehead atoms. The van der Waals surface area contributed by atoms with Gasteiger partial charge < -0.3 is 4.74 Å². The van der Waals surface area contributed by atoms with Crippen molar-refractivity contribution in [2.75, 3.05) is 7.11 Å². The molecule has 2 atom stereocenters. The van der Waals surface area contributed by atoms with Gasteiger partial charge in [-0.3, -0.25) is 0 Å². The van der Waals surface area contributed by atoms with Crippen molar-refractivity contribution in [2.24, 2.45) is 11.8 Å². The number of ether oxygens (including phenoxy) is 1. The molecule has 0 saturated heterocycles. The normalized spacial score (nSPS) is 31.2. The van der Waals surface area contributed by atoms with Crippen LogP contribution >= 0.6 is 0 Å². The third kappa shape index (κ3) is 2.10. The Morgan fingerprint density at radius 1 is 1.42 bits per heavy atom. The molecular formula is C11H20O. The summed E-state index contributed by atoms with van der Waals surface area (Å²) in [4.78, 5) is 0. The molecule has 0 aromatic rings. The first kappa shape index (κ1) is 9.79. The monoisotopic (exact) mass is 168 g/mol. The van der Waals surface area contributed by atoms with E-state index in [0.717, 1.165) is 18.3 Å². The van der Waals surface area contributed by atoms with Crippen LogP contribution in [0.3, 0.4) is 0 Å². The topological polar surface area (TPSA) is 9.23 Å². The van der Waals surface area contributed by atoms with Gasteiger partial charge in [0.25, 0.3) is 0 Å². The summed E-state index contributed by atoms with van der Waals surface area (Å²) in [6.45, 7) is 8.70. The number of hydrogen-bond donors (Lipinski definition) is 0. The lowest BCUT2D eigenvalue weighted by Gasteiger charge is -2.32. The smallest absolute Gasteiger partial charge is 0.0608 e. The van der Waals surface area contributed by atoms with Crippen LogP contribution in [0.4, 0.5) is 0 Å². The van der Waals surface area contributed by atoms with Gasteiger partial charge in [-0.25, -0.2) is 0 Å². The molecule has 0 N–H and O–H groups in total. The Labute approximate surface area is 75.8 Å². The second-order valence-electron chi connectivity index (χ2n) is 4.15. The lowest BCUT2D eigenvalue weighted by atomic mass is 9.77. The molecule has 1 saturated carbocycles. The third-order valence-corrected chi connectivity index (χ3v) is 2.95. The Kier molecular flexibility index (Phi) is 3.33. The van der Waals surface area contributed by atoms with E-state index in [2.05, 4.69) is 20.4 Å². The van der Waals surface area contributed by atoms with E-state index in [-0.39, 0.29) is 0 Å². The van der Waals surface area contributed by atoms with Gasteiger partial charge in [0.05, 0.1) is 6.10 Å². The molecule has 0 aromatic heterocycles. The highest BCUT2D eigenvalue weighted by molar-refractivity contribution is 5.06. The molecule has 1 fully saturated rings. The Balaban J connectivity index is 2.48. The van der Waals surface area contributed by atoms with Crippen LogP contribution < -0.4 is 0 Å². The quantitative estimate of drug-likeness (QED) is 0.576. The summed E-state index contributed by atoms with van der Waals surface area (Å²) in [6.07, 6.45) is 3.97. The molecule has 0 amide bonds. The minimum absolute atomic E-state index is 0.437. The van der Waals surface area contributed by atoms with Crippen molar-refractivity contribution in [3.63, 3.8) is 0 Å². The van der Waals surface area contributed by atoms with E-state index in [1.807, 2.05) is 0 Å².